The molecule has 0 amide bonds. The van der Waals surface area contributed by atoms with Gasteiger partial charge in [-0.05, 0) is 36.2 Å². The fourth-order valence-corrected chi connectivity index (χ4v) is 2.41. The lowest BCUT2D eigenvalue weighted by Gasteiger charge is -2.12. The van der Waals surface area contributed by atoms with E-state index in [1.807, 2.05) is 19.1 Å². The topological polar surface area (TPSA) is 73.1 Å². The standard InChI is InChI=1S/C14H16N2O2S/c1-10-3-4-12(9-16-10)14(15)11-5-7-13(8-6-11)19(2,17)18/h3-9,14H,15H2,1-2H3. The summed E-state index contributed by atoms with van der Waals surface area (Å²) in [7, 11) is -3.17. The van der Waals surface area contributed by atoms with Gasteiger partial charge in [-0.2, -0.15) is 0 Å². The van der Waals surface area contributed by atoms with E-state index in [1.54, 1.807) is 30.5 Å². The van der Waals surface area contributed by atoms with Crippen LogP contribution in [-0.4, -0.2) is 19.7 Å². The Kier molecular flexibility index (Phi) is 3.68. The van der Waals surface area contributed by atoms with Gasteiger partial charge in [0.1, 0.15) is 0 Å². The second kappa shape index (κ2) is 5.11. The number of nitrogens with zero attached hydrogens (tertiary/aromatic N) is 1. The quantitative estimate of drug-likeness (QED) is 0.928. The molecule has 1 unspecified atom stereocenters. The second-order valence-electron chi connectivity index (χ2n) is 4.55. The fourth-order valence-electron chi connectivity index (χ4n) is 1.78. The van der Waals surface area contributed by atoms with Crippen LogP contribution < -0.4 is 5.73 Å². The zero-order valence-electron chi connectivity index (χ0n) is 10.9. The second-order valence-corrected chi connectivity index (χ2v) is 6.57. The molecule has 0 radical (unpaired) electrons. The summed E-state index contributed by atoms with van der Waals surface area (Å²) < 4.78 is 22.8. The Morgan fingerprint density at radius 1 is 1.05 bits per heavy atom. The highest BCUT2D eigenvalue weighted by atomic mass is 32.2. The van der Waals surface area contributed by atoms with Gasteiger partial charge in [-0.3, -0.25) is 4.98 Å². The summed E-state index contributed by atoms with van der Waals surface area (Å²) in [6, 6.07) is 10.2. The minimum absolute atomic E-state index is 0.297. The van der Waals surface area contributed by atoms with E-state index in [-0.39, 0.29) is 6.04 Å². The molecule has 19 heavy (non-hydrogen) atoms. The molecule has 0 aliphatic rings. The number of pyridine rings is 1. The largest absolute Gasteiger partial charge is 0.320 e. The smallest absolute Gasteiger partial charge is 0.175 e. The van der Waals surface area contributed by atoms with Crippen molar-refractivity contribution in [3.05, 3.63) is 59.4 Å². The third kappa shape index (κ3) is 3.19. The molecule has 2 N–H and O–H groups in total. The van der Waals surface area contributed by atoms with Gasteiger partial charge in [0, 0.05) is 18.1 Å². The lowest BCUT2D eigenvalue weighted by Crippen LogP contribution is -2.12. The number of nitrogens with two attached hydrogens (primary N) is 1. The molecule has 0 aliphatic heterocycles. The molecule has 1 heterocycles. The fraction of sp³-hybridized carbons (Fsp3) is 0.214. The van der Waals surface area contributed by atoms with Crippen LogP contribution in [0.3, 0.4) is 0 Å². The molecule has 0 fully saturated rings. The van der Waals surface area contributed by atoms with Gasteiger partial charge < -0.3 is 5.73 Å². The Morgan fingerprint density at radius 3 is 2.11 bits per heavy atom. The van der Waals surface area contributed by atoms with Gasteiger partial charge in [0.15, 0.2) is 9.84 Å². The molecule has 1 aromatic heterocycles. The van der Waals surface area contributed by atoms with Crippen LogP contribution in [0.1, 0.15) is 22.9 Å². The first kappa shape index (κ1) is 13.7. The third-order valence-electron chi connectivity index (χ3n) is 2.96. The summed E-state index contributed by atoms with van der Waals surface area (Å²) in [5, 5.41) is 0. The molecule has 4 nitrogen and oxygen atoms in total. The van der Waals surface area contributed by atoms with E-state index >= 15 is 0 Å². The van der Waals surface area contributed by atoms with Crippen molar-refractivity contribution in [3.63, 3.8) is 0 Å². The minimum Gasteiger partial charge on any atom is -0.320 e. The molecular weight excluding hydrogens is 260 g/mol. The van der Waals surface area contributed by atoms with E-state index in [4.69, 9.17) is 5.73 Å². The molecule has 2 aromatic rings. The van der Waals surface area contributed by atoms with Crippen molar-refractivity contribution in [2.75, 3.05) is 6.26 Å². The summed E-state index contributed by atoms with van der Waals surface area (Å²) in [4.78, 5) is 4.50. The number of aromatic nitrogens is 1. The van der Waals surface area contributed by atoms with Gasteiger partial charge in [0.2, 0.25) is 0 Å². The Balaban J connectivity index is 2.30. The predicted octanol–water partition coefficient (Wildman–Crippen LogP) is 1.84. The first-order chi connectivity index (χ1) is 8.88. The summed E-state index contributed by atoms with van der Waals surface area (Å²) in [6.07, 6.45) is 2.93. The first-order valence-corrected chi connectivity index (χ1v) is 7.75. The highest BCUT2D eigenvalue weighted by Crippen LogP contribution is 2.20. The van der Waals surface area contributed by atoms with Crippen LogP contribution in [0.25, 0.3) is 0 Å². The average Bonchev–Trinajstić information content (AvgIpc) is 2.38. The van der Waals surface area contributed by atoms with Crippen molar-refractivity contribution >= 4 is 9.84 Å². The van der Waals surface area contributed by atoms with E-state index in [9.17, 15) is 8.42 Å². The third-order valence-corrected chi connectivity index (χ3v) is 4.09. The highest BCUT2D eigenvalue weighted by molar-refractivity contribution is 7.90. The molecule has 1 atom stereocenters. The summed E-state index contributed by atoms with van der Waals surface area (Å²) in [5.41, 5.74) is 8.83. The van der Waals surface area contributed by atoms with Gasteiger partial charge in [0.05, 0.1) is 10.9 Å². The number of sulfone groups is 1. The number of benzene rings is 1. The molecule has 100 valence electrons. The van der Waals surface area contributed by atoms with Crippen LogP contribution in [0.5, 0.6) is 0 Å². The SMILES string of the molecule is Cc1ccc(C(N)c2ccc(S(C)(=O)=O)cc2)cn1. The average molecular weight is 276 g/mol. The maximum absolute atomic E-state index is 11.4. The highest BCUT2D eigenvalue weighted by Gasteiger charge is 2.11. The first-order valence-electron chi connectivity index (χ1n) is 5.86. The van der Waals surface area contributed by atoms with Crippen LogP contribution in [0, 0.1) is 6.92 Å². The summed E-state index contributed by atoms with van der Waals surface area (Å²) >= 11 is 0. The van der Waals surface area contributed by atoms with Gasteiger partial charge in [0.25, 0.3) is 0 Å². The molecule has 0 aliphatic carbocycles. The predicted molar refractivity (Wildman–Crippen MR) is 74.6 cm³/mol. The van der Waals surface area contributed by atoms with Crippen molar-refractivity contribution in [2.45, 2.75) is 17.9 Å². The molecule has 5 heteroatoms. The van der Waals surface area contributed by atoms with Crippen LogP contribution in [0.2, 0.25) is 0 Å². The number of rotatable bonds is 3. The van der Waals surface area contributed by atoms with Crippen LogP contribution in [0.15, 0.2) is 47.5 Å². The number of aryl methyl sites for hydroxylation is 1. The zero-order chi connectivity index (χ0) is 14.0. The van der Waals surface area contributed by atoms with E-state index in [2.05, 4.69) is 4.98 Å². The van der Waals surface area contributed by atoms with E-state index < -0.39 is 9.84 Å². The Hall–Kier alpha value is -1.72. The Bertz CT molecular complexity index is 662. The molecule has 2 rings (SSSR count). The van der Waals surface area contributed by atoms with Gasteiger partial charge in [-0.1, -0.05) is 18.2 Å². The Morgan fingerprint density at radius 2 is 1.63 bits per heavy atom. The maximum Gasteiger partial charge on any atom is 0.175 e. The van der Waals surface area contributed by atoms with Crippen LogP contribution in [-0.2, 0) is 9.84 Å². The van der Waals surface area contributed by atoms with Crippen LogP contribution >= 0.6 is 0 Å². The lowest BCUT2D eigenvalue weighted by atomic mass is 10.0. The molecule has 0 bridgehead atoms. The van der Waals surface area contributed by atoms with Gasteiger partial charge in [-0.15, -0.1) is 0 Å². The number of hydrogen-bond donors (Lipinski definition) is 1. The van der Waals surface area contributed by atoms with E-state index in [0.29, 0.717) is 4.90 Å². The molecular formula is C14H16N2O2S. The molecule has 1 aromatic carbocycles. The lowest BCUT2D eigenvalue weighted by molar-refractivity contribution is 0.602. The molecule has 0 saturated heterocycles. The van der Waals surface area contributed by atoms with Crippen molar-refractivity contribution in [3.8, 4) is 0 Å². The van der Waals surface area contributed by atoms with Crippen molar-refractivity contribution in [1.29, 1.82) is 0 Å². The monoisotopic (exact) mass is 276 g/mol. The minimum atomic E-state index is -3.17. The van der Waals surface area contributed by atoms with Crippen molar-refractivity contribution in [1.82, 2.24) is 4.98 Å². The van der Waals surface area contributed by atoms with Crippen LogP contribution in [0.4, 0.5) is 0 Å². The zero-order valence-corrected chi connectivity index (χ0v) is 11.7. The summed E-state index contributed by atoms with van der Waals surface area (Å²) in [6.45, 7) is 1.91. The van der Waals surface area contributed by atoms with Crippen molar-refractivity contribution < 1.29 is 8.42 Å². The Labute approximate surface area is 113 Å². The maximum atomic E-state index is 11.4. The summed E-state index contributed by atoms with van der Waals surface area (Å²) in [5.74, 6) is 0. The van der Waals surface area contributed by atoms with Gasteiger partial charge >= 0.3 is 0 Å². The number of hydrogen-bond acceptors (Lipinski definition) is 4. The molecule has 0 spiro atoms. The normalized spacial score (nSPS) is 13.2. The molecule has 0 saturated carbocycles. The van der Waals surface area contributed by atoms with E-state index in [1.165, 1.54) is 6.26 Å². The van der Waals surface area contributed by atoms with E-state index in [0.717, 1.165) is 16.8 Å². The van der Waals surface area contributed by atoms with Crippen molar-refractivity contribution in [2.24, 2.45) is 5.73 Å². The van der Waals surface area contributed by atoms with Gasteiger partial charge in [-0.25, -0.2) is 8.42 Å².